The van der Waals surface area contributed by atoms with E-state index in [1.54, 1.807) is 26.4 Å². The van der Waals surface area contributed by atoms with Gasteiger partial charge in [0.05, 0.1) is 24.4 Å². The van der Waals surface area contributed by atoms with Crippen molar-refractivity contribution >= 4 is 21.6 Å². The number of anilines is 1. The molecule has 1 aromatic carbocycles. The predicted molar refractivity (Wildman–Crippen MR) is 61.5 cm³/mol. The van der Waals surface area contributed by atoms with Gasteiger partial charge in [-0.05, 0) is 15.9 Å². The van der Waals surface area contributed by atoms with E-state index < -0.39 is 0 Å². The molecule has 76 valence electrons. The minimum atomic E-state index is 0.603. The van der Waals surface area contributed by atoms with Gasteiger partial charge in [-0.15, -0.1) is 12.8 Å². The third kappa shape index (κ3) is 2.86. The zero-order valence-corrected chi connectivity index (χ0v) is 9.67. The molecule has 0 radical (unpaired) electrons. The molecule has 14 heavy (non-hydrogen) atoms. The van der Waals surface area contributed by atoms with Gasteiger partial charge in [-0.1, -0.05) is 0 Å². The van der Waals surface area contributed by atoms with Crippen molar-refractivity contribution in [2.45, 2.75) is 0 Å². The van der Waals surface area contributed by atoms with Gasteiger partial charge < -0.3 is 15.2 Å². The van der Waals surface area contributed by atoms with E-state index in [1.165, 1.54) is 0 Å². The van der Waals surface area contributed by atoms with Crippen molar-refractivity contribution in [2.75, 3.05) is 20.0 Å². The first-order valence-corrected chi connectivity index (χ1v) is 4.48. The molecule has 4 heteroatoms. The summed E-state index contributed by atoms with van der Waals surface area (Å²) in [5.74, 6) is 1.36. The summed E-state index contributed by atoms with van der Waals surface area (Å²) in [7, 11) is 3.17. The first-order chi connectivity index (χ1) is 6.69. The molecule has 0 aliphatic carbocycles. The minimum absolute atomic E-state index is 0.603. The standard InChI is InChI=1S/C8H10BrNO2.C2H2/c1-11-5-3-6(10)8(9)7(4-5)12-2;1-2/h3-4H,10H2,1-2H3;1-2H. The topological polar surface area (TPSA) is 44.5 Å². The SMILES string of the molecule is C#C.COc1cc(N)c(Br)c(OC)c1. The number of rotatable bonds is 2. The average Bonchev–Trinajstić information content (AvgIpc) is 2.24. The molecule has 0 unspecified atom stereocenters. The highest BCUT2D eigenvalue weighted by Gasteiger charge is 2.06. The van der Waals surface area contributed by atoms with Crippen molar-refractivity contribution in [3.8, 4) is 24.3 Å². The largest absolute Gasteiger partial charge is 0.497 e. The molecule has 0 saturated carbocycles. The molecular formula is C10H12BrNO2. The Kier molecular flexibility index (Phi) is 5.58. The van der Waals surface area contributed by atoms with E-state index in [-0.39, 0.29) is 0 Å². The third-order valence-electron chi connectivity index (χ3n) is 1.50. The van der Waals surface area contributed by atoms with Gasteiger partial charge in [0.15, 0.2) is 0 Å². The summed E-state index contributed by atoms with van der Waals surface area (Å²) >= 11 is 3.30. The van der Waals surface area contributed by atoms with E-state index in [0.717, 1.165) is 4.47 Å². The average molecular weight is 258 g/mol. The highest BCUT2D eigenvalue weighted by molar-refractivity contribution is 9.10. The number of benzene rings is 1. The van der Waals surface area contributed by atoms with Crippen LogP contribution in [0.25, 0.3) is 0 Å². The summed E-state index contributed by atoms with van der Waals surface area (Å²) in [4.78, 5) is 0. The Morgan fingerprint density at radius 2 is 1.79 bits per heavy atom. The van der Waals surface area contributed by atoms with Crippen molar-refractivity contribution in [1.29, 1.82) is 0 Å². The maximum Gasteiger partial charge on any atom is 0.138 e. The number of hydrogen-bond donors (Lipinski definition) is 1. The van der Waals surface area contributed by atoms with E-state index in [9.17, 15) is 0 Å². The van der Waals surface area contributed by atoms with Crippen LogP contribution in [0.4, 0.5) is 5.69 Å². The Morgan fingerprint density at radius 1 is 1.21 bits per heavy atom. The highest BCUT2D eigenvalue weighted by Crippen LogP contribution is 2.34. The molecule has 0 amide bonds. The summed E-state index contributed by atoms with van der Waals surface area (Å²) in [6.07, 6.45) is 8.00. The summed E-state index contributed by atoms with van der Waals surface area (Å²) in [6.45, 7) is 0. The van der Waals surface area contributed by atoms with E-state index in [0.29, 0.717) is 17.2 Å². The van der Waals surface area contributed by atoms with Crippen molar-refractivity contribution in [3.05, 3.63) is 16.6 Å². The first kappa shape index (κ1) is 12.7. The van der Waals surface area contributed by atoms with E-state index >= 15 is 0 Å². The Bertz CT molecular complexity index is 323. The van der Waals surface area contributed by atoms with Gasteiger partial charge in [-0.25, -0.2) is 0 Å². The van der Waals surface area contributed by atoms with Gasteiger partial charge in [0.1, 0.15) is 11.5 Å². The second-order valence-electron chi connectivity index (χ2n) is 2.23. The molecule has 0 atom stereocenters. The van der Waals surface area contributed by atoms with Crippen molar-refractivity contribution in [1.82, 2.24) is 0 Å². The Hall–Kier alpha value is -1.34. The van der Waals surface area contributed by atoms with Crippen LogP contribution in [0.5, 0.6) is 11.5 Å². The fraction of sp³-hybridized carbons (Fsp3) is 0.200. The number of halogens is 1. The fourth-order valence-corrected chi connectivity index (χ4v) is 1.25. The molecule has 3 nitrogen and oxygen atoms in total. The van der Waals surface area contributed by atoms with Gasteiger partial charge in [0.2, 0.25) is 0 Å². The molecule has 0 aromatic heterocycles. The number of nitrogen functional groups attached to an aromatic ring is 1. The van der Waals surface area contributed by atoms with Crippen LogP contribution in [0, 0.1) is 12.8 Å². The molecule has 2 N–H and O–H groups in total. The summed E-state index contributed by atoms with van der Waals surface area (Å²) in [6, 6.07) is 3.49. The van der Waals surface area contributed by atoms with Crippen LogP contribution in [0.3, 0.4) is 0 Å². The van der Waals surface area contributed by atoms with Crippen LogP contribution >= 0.6 is 15.9 Å². The number of hydrogen-bond acceptors (Lipinski definition) is 3. The fourth-order valence-electron chi connectivity index (χ4n) is 0.860. The van der Waals surface area contributed by atoms with Crippen molar-refractivity contribution in [3.63, 3.8) is 0 Å². The maximum absolute atomic E-state index is 5.67. The normalized spacial score (nSPS) is 8.36. The molecule has 0 aliphatic heterocycles. The first-order valence-electron chi connectivity index (χ1n) is 3.69. The molecule has 0 bridgehead atoms. The van der Waals surface area contributed by atoms with Crippen LogP contribution in [0.15, 0.2) is 16.6 Å². The number of nitrogens with two attached hydrogens (primary N) is 1. The zero-order valence-electron chi connectivity index (χ0n) is 8.08. The van der Waals surface area contributed by atoms with Gasteiger partial charge >= 0.3 is 0 Å². The monoisotopic (exact) mass is 257 g/mol. The van der Waals surface area contributed by atoms with Gasteiger partial charge in [-0.2, -0.15) is 0 Å². The van der Waals surface area contributed by atoms with E-state index in [2.05, 4.69) is 28.8 Å². The molecule has 1 rings (SSSR count). The Morgan fingerprint density at radius 3 is 2.21 bits per heavy atom. The summed E-state index contributed by atoms with van der Waals surface area (Å²) in [5, 5.41) is 0. The van der Waals surface area contributed by atoms with Gasteiger partial charge in [0, 0.05) is 12.1 Å². The highest BCUT2D eigenvalue weighted by atomic mass is 79.9. The lowest BCUT2D eigenvalue weighted by molar-refractivity contribution is 0.393. The molecule has 0 spiro atoms. The quantitative estimate of drug-likeness (QED) is 0.653. The third-order valence-corrected chi connectivity index (χ3v) is 2.35. The van der Waals surface area contributed by atoms with Gasteiger partial charge in [-0.3, -0.25) is 0 Å². The number of methoxy groups -OCH3 is 2. The lowest BCUT2D eigenvalue weighted by atomic mass is 10.3. The van der Waals surface area contributed by atoms with Crippen LogP contribution in [0.2, 0.25) is 0 Å². The van der Waals surface area contributed by atoms with Crippen LogP contribution < -0.4 is 15.2 Å². The van der Waals surface area contributed by atoms with E-state index in [1.807, 2.05) is 0 Å². The second kappa shape index (κ2) is 6.17. The van der Waals surface area contributed by atoms with Crippen molar-refractivity contribution in [2.24, 2.45) is 0 Å². The Labute approximate surface area is 92.3 Å². The zero-order chi connectivity index (χ0) is 11.1. The Balaban J connectivity index is 0.000000791. The molecule has 0 fully saturated rings. The van der Waals surface area contributed by atoms with Crippen LogP contribution in [-0.2, 0) is 0 Å². The number of terminal acetylenes is 1. The maximum atomic E-state index is 5.67. The number of ether oxygens (including phenoxy) is 2. The lowest BCUT2D eigenvalue weighted by Gasteiger charge is -2.08. The predicted octanol–water partition coefficient (Wildman–Crippen LogP) is 2.30. The molecular weight excluding hydrogens is 246 g/mol. The lowest BCUT2D eigenvalue weighted by Crippen LogP contribution is -1.93. The van der Waals surface area contributed by atoms with Gasteiger partial charge in [0.25, 0.3) is 0 Å². The minimum Gasteiger partial charge on any atom is -0.497 e. The smallest absolute Gasteiger partial charge is 0.138 e. The van der Waals surface area contributed by atoms with E-state index in [4.69, 9.17) is 15.2 Å². The molecule has 0 heterocycles. The summed E-state index contributed by atoms with van der Waals surface area (Å²) < 4.78 is 10.8. The molecule has 0 aliphatic rings. The van der Waals surface area contributed by atoms with Crippen molar-refractivity contribution < 1.29 is 9.47 Å². The van der Waals surface area contributed by atoms with Crippen LogP contribution in [-0.4, -0.2) is 14.2 Å². The molecule has 1 aromatic rings. The van der Waals surface area contributed by atoms with Crippen LogP contribution in [0.1, 0.15) is 0 Å². The second-order valence-corrected chi connectivity index (χ2v) is 3.03. The summed E-state index contributed by atoms with van der Waals surface area (Å²) in [5.41, 5.74) is 6.27. The molecule has 0 saturated heterocycles.